The summed E-state index contributed by atoms with van der Waals surface area (Å²) in [5, 5.41) is 8.90. The van der Waals surface area contributed by atoms with E-state index in [0.29, 0.717) is 34.2 Å². The number of furan rings is 1. The Bertz CT molecular complexity index is 1340. The number of hydrazone groups is 1. The zero-order valence-electron chi connectivity index (χ0n) is 17.6. The number of anilines is 1. The van der Waals surface area contributed by atoms with E-state index in [1.54, 1.807) is 60.0 Å². The molecule has 1 aromatic carbocycles. The molecule has 0 spiro atoms. The van der Waals surface area contributed by atoms with Crippen LogP contribution in [-0.2, 0) is 16.1 Å². The fourth-order valence-corrected chi connectivity index (χ4v) is 3.11. The van der Waals surface area contributed by atoms with Crippen LogP contribution in [0.3, 0.4) is 0 Å². The van der Waals surface area contributed by atoms with Crippen LogP contribution in [-0.4, -0.2) is 33.3 Å². The average Bonchev–Trinajstić information content (AvgIpc) is 3.41. The molecule has 4 rings (SSSR count). The highest BCUT2D eigenvalue weighted by molar-refractivity contribution is 6.39. The van der Waals surface area contributed by atoms with Gasteiger partial charge in [-0.3, -0.25) is 18.8 Å². The van der Waals surface area contributed by atoms with Crippen molar-refractivity contribution in [2.45, 2.75) is 13.5 Å². The van der Waals surface area contributed by atoms with Crippen LogP contribution in [0.1, 0.15) is 27.7 Å². The summed E-state index contributed by atoms with van der Waals surface area (Å²) < 4.78 is 7.22. The Labute approximate surface area is 188 Å². The van der Waals surface area contributed by atoms with E-state index in [1.165, 1.54) is 6.21 Å². The first kappa shape index (κ1) is 21.5. The molecule has 0 unspecified atom stereocenters. The van der Waals surface area contributed by atoms with Gasteiger partial charge in [-0.25, -0.2) is 10.4 Å². The van der Waals surface area contributed by atoms with Crippen molar-refractivity contribution in [3.8, 4) is 0 Å². The second-order valence-electron chi connectivity index (χ2n) is 6.98. The van der Waals surface area contributed by atoms with Crippen LogP contribution in [0.2, 0.25) is 0 Å². The van der Waals surface area contributed by atoms with E-state index >= 15 is 0 Å². The summed E-state index contributed by atoms with van der Waals surface area (Å²) in [6.45, 7) is 1.76. The van der Waals surface area contributed by atoms with Gasteiger partial charge in [0.1, 0.15) is 22.9 Å². The van der Waals surface area contributed by atoms with Crippen molar-refractivity contribution in [3.05, 3.63) is 89.8 Å². The number of imidazole rings is 1. The number of hydrogen-bond donors (Lipinski definition) is 3. The topological polar surface area (TPSA) is 130 Å². The number of hydrogen-bond acceptors (Lipinski definition) is 6. The van der Waals surface area contributed by atoms with Gasteiger partial charge in [0.2, 0.25) is 0 Å². The second-order valence-corrected chi connectivity index (χ2v) is 6.98. The van der Waals surface area contributed by atoms with Crippen LogP contribution < -0.4 is 16.1 Å². The molecule has 3 amide bonds. The van der Waals surface area contributed by atoms with Gasteiger partial charge in [-0.1, -0.05) is 24.3 Å². The molecule has 0 aliphatic carbocycles. The number of pyridine rings is 1. The molecular formula is C23H20N6O4. The van der Waals surface area contributed by atoms with Crippen LogP contribution >= 0.6 is 0 Å². The minimum atomic E-state index is -0.791. The van der Waals surface area contributed by atoms with Gasteiger partial charge in [-0.2, -0.15) is 5.10 Å². The first-order chi connectivity index (χ1) is 16.0. The van der Waals surface area contributed by atoms with Crippen molar-refractivity contribution in [1.29, 1.82) is 0 Å². The Kier molecular flexibility index (Phi) is 6.26. The first-order valence-electron chi connectivity index (χ1n) is 10.0. The van der Waals surface area contributed by atoms with Gasteiger partial charge in [0.15, 0.2) is 0 Å². The monoisotopic (exact) mass is 444 g/mol. The number of amides is 3. The summed E-state index contributed by atoms with van der Waals surface area (Å²) >= 11 is 0. The lowest BCUT2D eigenvalue weighted by atomic mass is 10.3. The van der Waals surface area contributed by atoms with Gasteiger partial charge in [0.05, 0.1) is 18.5 Å². The Morgan fingerprint density at radius 3 is 2.64 bits per heavy atom. The van der Waals surface area contributed by atoms with Crippen molar-refractivity contribution in [1.82, 2.24) is 20.1 Å². The lowest BCUT2D eigenvalue weighted by molar-refractivity contribution is -0.136. The van der Waals surface area contributed by atoms with E-state index in [9.17, 15) is 14.4 Å². The highest BCUT2D eigenvalue weighted by Crippen LogP contribution is 2.11. The van der Waals surface area contributed by atoms with Crippen LogP contribution in [0, 0.1) is 6.92 Å². The number of rotatable bonds is 6. The van der Waals surface area contributed by atoms with Gasteiger partial charge in [-0.05, 0) is 43.3 Å². The standard InChI is InChI=1S/C23H20N6O4/c1-15-20(29-12-6-5-9-19(29)26-15)21(30)28-25-14-18-11-10-17(33-18)13-24-22(31)23(32)27-16-7-3-2-4-8-16/h2-12,14H,13H2,1H3,(H,24,31)(H,27,32)(H,28,30). The Hall–Kier alpha value is -4.73. The van der Waals surface area contributed by atoms with Gasteiger partial charge >= 0.3 is 11.8 Å². The third-order valence-electron chi connectivity index (χ3n) is 4.62. The summed E-state index contributed by atoms with van der Waals surface area (Å²) in [5.41, 5.74) is 4.61. The fourth-order valence-electron chi connectivity index (χ4n) is 3.11. The van der Waals surface area contributed by atoms with Crippen molar-refractivity contribution < 1.29 is 18.8 Å². The normalized spacial score (nSPS) is 10.9. The Morgan fingerprint density at radius 1 is 1.03 bits per heavy atom. The lowest BCUT2D eigenvalue weighted by Crippen LogP contribution is -2.34. The molecule has 4 aromatic rings. The van der Waals surface area contributed by atoms with Crippen LogP contribution in [0.15, 0.2) is 76.4 Å². The van der Waals surface area contributed by atoms with Crippen LogP contribution in [0.4, 0.5) is 5.69 Å². The number of nitrogens with zero attached hydrogens (tertiary/aromatic N) is 3. The lowest BCUT2D eigenvalue weighted by Gasteiger charge is -2.05. The second kappa shape index (κ2) is 9.60. The molecule has 3 aromatic heterocycles. The smallest absolute Gasteiger partial charge is 0.313 e. The minimum Gasteiger partial charge on any atom is -0.458 e. The molecule has 3 heterocycles. The van der Waals surface area contributed by atoms with E-state index < -0.39 is 17.7 Å². The summed E-state index contributed by atoms with van der Waals surface area (Å²) in [4.78, 5) is 40.7. The summed E-state index contributed by atoms with van der Waals surface area (Å²) in [5.74, 6) is -1.20. The van der Waals surface area contributed by atoms with Crippen molar-refractivity contribution in [2.24, 2.45) is 5.10 Å². The third-order valence-corrected chi connectivity index (χ3v) is 4.62. The molecule has 0 radical (unpaired) electrons. The Balaban J connectivity index is 1.29. The molecule has 0 saturated heterocycles. The Morgan fingerprint density at radius 2 is 1.82 bits per heavy atom. The van der Waals surface area contributed by atoms with E-state index in [-0.39, 0.29) is 6.54 Å². The van der Waals surface area contributed by atoms with Crippen molar-refractivity contribution in [3.63, 3.8) is 0 Å². The number of fused-ring (bicyclic) bond motifs is 1. The molecular weight excluding hydrogens is 424 g/mol. The molecule has 0 bridgehead atoms. The summed E-state index contributed by atoms with van der Waals surface area (Å²) in [6.07, 6.45) is 3.09. The molecule has 0 fully saturated rings. The number of para-hydroxylation sites is 1. The summed E-state index contributed by atoms with van der Waals surface area (Å²) in [6, 6.07) is 17.4. The molecule has 166 valence electrons. The average molecular weight is 444 g/mol. The number of benzene rings is 1. The third kappa shape index (κ3) is 5.13. The van der Waals surface area contributed by atoms with E-state index in [4.69, 9.17) is 4.42 Å². The molecule has 0 aliphatic heterocycles. The van der Waals surface area contributed by atoms with E-state index in [2.05, 4.69) is 26.1 Å². The number of aryl methyl sites for hydroxylation is 1. The highest BCUT2D eigenvalue weighted by Gasteiger charge is 2.16. The number of carbonyl (C=O) groups is 3. The predicted octanol–water partition coefficient (Wildman–Crippen LogP) is 2.25. The molecule has 0 aliphatic rings. The van der Waals surface area contributed by atoms with Gasteiger partial charge < -0.3 is 15.1 Å². The molecule has 10 nitrogen and oxygen atoms in total. The van der Waals surface area contributed by atoms with Crippen molar-refractivity contribution in [2.75, 3.05) is 5.32 Å². The SMILES string of the molecule is Cc1nc2ccccn2c1C(=O)NN=Cc1ccc(CNC(=O)C(=O)Nc2ccccc2)o1. The van der Waals surface area contributed by atoms with Gasteiger partial charge in [0.25, 0.3) is 5.91 Å². The first-order valence-corrected chi connectivity index (χ1v) is 10.0. The van der Waals surface area contributed by atoms with Crippen LogP contribution in [0.25, 0.3) is 5.65 Å². The number of nitrogens with one attached hydrogen (secondary N) is 3. The highest BCUT2D eigenvalue weighted by atomic mass is 16.3. The van der Waals surface area contributed by atoms with Gasteiger partial charge in [0, 0.05) is 11.9 Å². The molecule has 10 heteroatoms. The number of aromatic nitrogens is 2. The largest absolute Gasteiger partial charge is 0.458 e. The number of carbonyl (C=O) groups excluding carboxylic acids is 3. The van der Waals surface area contributed by atoms with E-state index in [1.807, 2.05) is 18.2 Å². The maximum absolute atomic E-state index is 12.5. The summed E-state index contributed by atoms with van der Waals surface area (Å²) in [7, 11) is 0. The zero-order chi connectivity index (χ0) is 23.2. The molecule has 3 N–H and O–H groups in total. The fraction of sp³-hybridized carbons (Fsp3) is 0.0870. The molecule has 0 atom stereocenters. The van der Waals surface area contributed by atoms with Crippen molar-refractivity contribution >= 4 is 35.3 Å². The van der Waals surface area contributed by atoms with E-state index in [0.717, 1.165) is 0 Å². The maximum atomic E-state index is 12.5. The maximum Gasteiger partial charge on any atom is 0.313 e. The zero-order valence-corrected chi connectivity index (χ0v) is 17.6. The van der Waals surface area contributed by atoms with Gasteiger partial charge in [-0.15, -0.1) is 0 Å². The minimum absolute atomic E-state index is 0.0161. The molecule has 33 heavy (non-hydrogen) atoms. The quantitative estimate of drug-likeness (QED) is 0.239. The van der Waals surface area contributed by atoms with Crippen LogP contribution in [0.5, 0.6) is 0 Å². The predicted molar refractivity (Wildman–Crippen MR) is 121 cm³/mol. The molecule has 0 saturated carbocycles.